The van der Waals surface area contributed by atoms with Crippen LogP contribution in [0.15, 0.2) is 55.0 Å². The Balaban J connectivity index is 1.21. The van der Waals surface area contributed by atoms with Crippen LogP contribution in [0.2, 0.25) is 0 Å². The van der Waals surface area contributed by atoms with Crippen LogP contribution in [0.5, 0.6) is 0 Å². The van der Waals surface area contributed by atoms with Crippen LogP contribution in [0.25, 0.3) is 5.69 Å². The molecule has 3 aromatic rings. The molecule has 0 spiro atoms. The zero-order valence-corrected chi connectivity index (χ0v) is 14.5. The first-order chi connectivity index (χ1) is 12.8. The lowest BCUT2D eigenvalue weighted by molar-refractivity contribution is 0.251. The third kappa shape index (κ3) is 3.93. The third-order valence-electron chi connectivity index (χ3n) is 4.47. The molecule has 0 atom stereocenters. The predicted octanol–water partition coefficient (Wildman–Crippen LogP) is 3.16. The van der Waals surface area contributed by atoms with Crippen LogP contribution in [0.1, 0.15) is 30.9 Å². The summed E-state index contributed by atoms with van der Waals surface area (Å²) in [5, 5.41) is 14.3. The number of benzene rings is 1. The number of carbonyl (C=O) groups is 1. The molecule has 1 aliphatic rings. The molecule has 1 aliphatic carbocycles. The lowest BCUT2D eigenvalue weighted by atomic mass is 10.3. The number of aromatic nitrogens is 4. The Bertz CT molecular complexity index is 849. The predicted molar refractivity (Wildman–Crippen MR) is 99.4 cm³/mol. The molecule has 1 fully saturated rings. The van der Waals surface area contributed by atoms with Gasteiger partial charge in [0.05, 0.1) is 5.69 Å². The molecular formula is C19H22N6O. The molecule has 2 N–H and O–H groups in total. The van der Waals surface area contributed by atoms with Crippen molar-refractivity contribution in [3.8, 4) is 5.69 Å². The van der Waals surface area contributed by atoms with Gasteiger partial charge in [0.15, 0.2) is 0 Å². The van der Waals surface area contributed by atoms with Gasteiger partial charge in [-0.2, -0.15) is 10.2 Å². The Morgan fingerprint density at radius 3 is 2.69 bits per heavy atom. The number of nitrogens with one attached hydrogen (secondary N) is 2. The molecule has 2 heterocycles. The Labute approximate surface area is 152 Å². The van der Waals surface area contributed by atoms with E-state index in [2.05, 4.69) is 31.6 Å². The van der Waals surface area contributed by atoms with Gasteiger partial charge in [-0.1, -0.05) is 0 Å². The Morgan fingerprint density at radius 1 is 1.12 bits per heavy atom. The van der Waals surface area contributed by atoms with Gasteiger partial charge in [-0.3, -0.25) is 4.68 Å². The fourth-order valence-electron chi connectivity index (χ4n) is 2.98. The summed E-state index contributed by atoms with van der Waals surface area (Å²) in [6.07, 6.45) is 8.87. The molecule has 0 aliphatic heterocycles. The topological polar surface area (TPSA) is 76.8 Å². The van der Waals surface area contributed by atoms with E-state index in [1.165, 1.54) is 18.5 Å². The summed E-state index contributed by atoms with van der Waals surface area (Å²) in [5.41, 5.74) is 3.03. The van der Waals surface area contributed by atoms with Crippen molar-refractivity contribution in [1.29, 1.82) is 0 Å². The number of carbonyl (C=O) groups excluding carboxylic acids is 1. The fraction of sp³-hybridized carbons (Fsp3) is 0.316. The van der Waals surface area contributed by atoms with E-state index in [1.54, 1.807) is 10.9 Å². The largest absolute Gasteiger partial charge is 0.338 e. The number of urea groups is 1. The van der Waals surface area contributed by atoms with Gasteiger partial charge < -0.3 is 10.6 Å². The molecule has 134 valence electrons. The van der Waals surface area contributed by atoms with E-state index in [9.17, 15) is 4.79 Å². The van der Waals surface area contributed by atoms with Gasteiger partial charge in [-0.05, 0) is 55.7 Å². The van der Waals surface area contributed by atoms with Crippen LogP contribution < -0.4 is 10.6 Å². The van der Waals surface area contributed by atoms with E-state index in [1.807, 2.05) is 42.7 Å². The van der Waals surface area contributed by atoms with Crippen molar-refractivity contribution in [2.45, 2.75) is 31.7 Å². The Hall–Kier alpha value is -3.09. The maximum Gasteiger partial charge on any atom is 0.319 e. The summed E-state index contributed by atoms with van der Waals surface area (Å²) in [4.78, 5) is 12.0. The summed E-state index contributed by atoms with van der Waals surface area (Å²) in [7, 11) is 0. The van der Waals surface area contributed by atoms with E-state index in [-0.39, 0.29) is 6.03 Å². The van der Waals surface area contributed by atoms with Crippen LogP contribution in [0.3, 0.4) is 0 Å². The maximum atomic E-state index is 12.0. The van der Waals surface area contributed by atoms with E-state index in [4.69, 9.17) is 0 Å². The molecule has 0 saturated heterocycles. The highest BCUT2D eigenvalue weighted by atomic mass is 16.2. The summed E-state index contributed by atoms with van der Waals surface area (Å²) in [6.45, 7) is 1.44. The van der Waals surface area contributed by atoms with Crippen LogP contribution >= 0.6 is 0 Å². The SMILES string of the molecule is O=C(NCCCn1nccc1C1CC1)Nc1ccc(-n2cccn2)cc1. The van der Waals surface area contributed by atoms with Gasteiger partial charge >= 0.3 is 6.03 Å². The zero-order valence-electron chi connectivity index (χ0n) is 14.5. The summed E-state index contributed by atoms with van der Waals surface area (Å²) >= 11 is 0. The highest BCUT2D eigenvalue weighted by Crippen LogP contribution is 2.39. The van der Waals surface area contributed by atoms with Gasteiger partial charge in [-0.15, -0.1) is 0 Å². The summed E-state index contributed by atoms with van der Waals surface area (Å²) < 4.78 is 3.83. The van der Waals surface area contributed by atoms with Gasteiger partial charge in [0, 0.05) is 49.0 Å². The number of rotatable bonds is 7. The monoisotopic (exact) mass is 350 g/mol. The molecule has 7 nitrogen and oxygen atoms in total. The second-order valence-corrected chi connectivity index (χ2v) is 6.49. The number of amides is 2. The summed E-state index contributed by atoms with van der Waals surface area (Å²) in [5.74, 6) is 0.693. The highest BCUT2D eigenvalue weighted by molar-refractivity contribution is 5.89. The van der Waals surface area contributed by atoms with E-state index in [0.717, 1.165) is 24.3 Å². The average Bonchev–Trinajstić information content (AvgIpc) is 3.16. The smallest absolute Gasteiger partial charge is 0.319 e. The molecule has 2 amide bonds. The van der Waals surface area contributed by atoms with Crippen LogP contribution in [-0.2, 0) is 6.54 Å². The summed E-state index contributed by atoms with van der Waals surface area (Å²) in [6, 6.07) is 11.3. The second kappa shape index (κ2) is 7.43. The van der Waals surface area contributed by atoms with Gasteiger partial charge in [0.2, 0.25) is 0 Å². The molecular weight excluding hydrogens is 328 g/mol. The van der Waals surface area contributed by atoms with E-state index in [0.29, 0.717) is 12.5 Å². The number of aryl methyl sites for hydroxylation is 1. The molecule has 7 heteroatoms. The van der Waals surface area contributed by atoms with Crippen molar-refractivity contribution in [3.05, 3.63) is 60.7 Å². The molecule has 2 aromatic heterocycles. The quantitative estimate of drug-likeness (QED) is 0.643. The van der Waals surface area contributed by atoms with Gasteiger partial charge in [0.1, 0.15) is 0 Å². The Morgan fingerprint density at radius 2 is 1.96 bits per heavy atom. The minimum absolute atomic E-state index is 0.195. The minimum atomic E-state index is -0.195. The lowest BCUT2D eigenvalue weighted by Gasteiger charge is -2.10. The molecule has 26 heavy (non-hydrogen) atoms. The number of nitrogens with zero attached hydrogens (tertiary/aromatic N) is 4. The first kappa shape index (κ1) is 16.4. The Kier molecular flexibility index (Phi) is 4.68. The molecule has 0 radical (unpaired) electrons. The first-order valence-electron chi connectivity index (χ1n) is 8.96. The molecule has 1 saturated carbocycles. The molecule has 0 bridgehead atoms. The van der Waals surface area contributed by atoms with Crippen molar-refractivity contribution < 1.29 is 4.79 Å². The van der Waals surface area contributed by atoms with Crippen LogP contribution in [-0.4, -0.2) is 32.1 Å². The zero-order chi connectivity index (χ0) is 17.8. The minimum Gasteiger partial charge on any atom is -0.338 e. The standard InChI is InChI=1S/C19H22N6O/c26-19(20-10-1-14-25-18(9-12-22-25)15-3-4-15)23-16-5-7-17(8-6-16)24-13-2-11-21-24/h2,5-9,11-13,15H,1,3-4,10,14H2,(H2,20,23,26). The van der Waals surface area contributed by atoms with Crippen molar-refractivity contribution in [3.63, 3.8) is 0 Å². The second-order valence-electron chi connectivity index (χ2n) is 6.49. The van der Waals surface area contributed by atoms with E-state index < -0.39 is 0 Å². The third-order valence-corrected chi connectivity index (χ3v) is 4.47. The van der Waals surface area contributed by atoms with Crippen molar-refractivity contribution in [1.82, 2.24) is 24.9 Å². The van der Waals surface area contributed by atoms with Crippen molar-refractivity contribution in [2.24, 2.45) is 0 Å². The van der Waals surface area contributed by atoms with Crippen LogP contribution in [0, 0.1) is 0 Å². The van der Waals surface area contributed by atoms with Crippen molar-refractivity contribution >= 4 is 11.7 Å². The average molecular weight is 350 g/mol. The molecule has 4 rings (SSSR count). The van der Waals surface area contributed by atoms with E-state index >= 15 is 0 Å². The molecule has 0 unspecified atom stereocenters. The van der Waals surface area contributed by atoms with Crippen molar-refractivity contribution in [2.75, 3.05) is 11.9 Å². The first-order valence-corrected chi connectivity index (χ1v) is 8.96. The van der Waals surface area contributed by atoms with Gasteiger partial charge in [-0.25, -0.2) is 9.48 Å². The number of hydrogen-bond acceptors (Lipinski definition) is 3. The number of hydrogen-bond donors (Lipinski definition) is 2. The number of anilines is 1. The highest BCUT2D eigenvalue weighted by Gasteiger charge is 2.26. The van der Waals surface area contributed by atoms with Gasteiger partial charge in [0.25, 0.3) is 0 Å². The molecule has 1 aromatic carbocycles. The fourth-order valence-corrected chi connectivity index (χ4v) is 2.98. The lowest BCUT2D eigenvalue weighted by Crippen LogP contribution is -2.30. The maximum absolute atomic E-state index is 12.0. The van der Waals surface area contributed by atoms with Crippen LogP contribution in [0.4, 0.5) is 10.5 Å². The normalized spacial score (nSPS) is 13.5.